The molecule has 4 heterocycles. The van der Waals surface area contributed by atoms with Crippen LogP contribution in [0, 0.1) is 0 Å². The number of halogens is 7. The summed E-state index contributed by atoms with van der Waals surface area (Å²) in [6, 6.07) is 2.37. The maximum absolute atomic E-state index is 14.1. The van der Waals surface area contributed by atoms with Crippen LogP contribution in [-0.2, 0) is 33.4 Å². The average Bonchev–Trinajstić information content (AvgIpc) is 3.68. The third-order valence-electron chi connectivity index (χ3n) is 8.07. The van der Waals surface area contributed by atoms with Gasteiger partial charge in [0.2, 0.25) is 15.5 Å². The Morgan fingerprint density at radius 1 is 1.20 bits per heavy atom. The summed E-state index contributed by atoms with van der Waals surface area (Å²) in [4.78, 5) is 46.5. The summed E-state index contributed by atoms with van der Waals surface area (Å²) in [5, 5.41) is 6.77. The summed E-state index contributed by atoms with van der Waals surface area (Å²) in [6.07, 6.45) is 0.0250. The standard InChI is InChI=1S/C31H31Cl4F3N6O5/c1-3-20-11-17(14-42(20)29(47)49-16-30(33,34)35)12-21-24(4-2)43(15-25(45)39-23-6-5-19(13-22(23)32)31(36,37)38)28-40-26(41-44(28)27(21)46)18-7-9-48-10-8-18/h5-7,12-13,20H,3-4,8-11,14-16H2,1-2H3,(H,39,45)/b17-12+/t20-/m1/s1. The number of hydrogen-bond donors (Lipinski definition) is 1. The van der Waals surface area contributed by atoms with Gasteiger partial charge in [-0.05, 0) is 61.1 Å². The van der Waals surface area contributed by atoms with E-state index < -0.39 is 39.7 Å². The van der Waals surface area contributed by atoms with E-state index in [4.69, 9.17) is 55.9 Å². The van der Waals surface area contributed by atoms with Gasteiger partial charge in [-0.1, -0.05) is 66.3 Å². The third-order valence-corrected chi connectivity index (χ3v) is 8.71. The van der Waals surface area contributed by atoms with E-state index in [1.807, 2.05) is 13.0 Å². The quantitative estimate of drug-likeness (QED) is 0.247. The van der Waals surface area contributed by atoms with E-state index in [2.05, 4.69) is 15.4 Å². The number of alkyl halides is 6. The molecule has 5 rings (SSSR count). The molecule has 1 aromatic carbocycles. The molecule has 3 aromatic rings. The molecule has 0 aliphatic carbocycles. The normalized spacial score (nSPS) is 17.9. The lowest BCUT2D eigenvalue weighted by Gasteiger charge is -2.23. The molecule has 0 bridgehead atoms. The lowest BCUT2D eigenvalue weighted by atomic mass is 10.0. The minimum atomic E-state index is -4.61. The summed E-state index contributed by atoms with van der Waals surface area (Å²) in [7, 11) is 0. The number of rotatable bonds is 8. The number of nitrogens with one attached hydrogen (secondary N) is 1. The molecule has 18 heteroatoms. The maximum Gasteiger partial charge on any atom is 0.416 e. The number of likely N-dealkylation sites (tertiary alicyclic amines) is 1. The van der Waals surface area contributed by atoms with Crippen molar-refractivity contribution in [1.29, 1.82) is 0 Å². The van der Waals surface area contributed by atoms with Crippen molar-refractivity contribution < 1.29 is 32.2 Å². The van der Waals surface area contributed by atoms with Gasteiger partial charge in [0.25, 0.3) is 5.56 Å². The van der Waals surface area contributed by atoms with E-state index in [0.717, 1.165) is 33.9 Å². The van der Waals surface area contributed by atoms with Gasteiger partial charge in [-0.15, -0.1) is 5.10 Å². The molecule has 2 amide bonds. The van der Waals surface area contributed by atoms with Crippen LogP contribution in [0.1, 0.15) is 55.8 Å². The fourth-order valence-electron chi connectivity index (χ4n) is 5.74. The van der Waals surface area contributed by atoms with Gasteiger partial charge in [-0.2, -0.15) is 22.7 Å². The monoisotopic (exact) mass is 764 g/mol. The van der Waals surface area contributed by atoms with Crippen molar-refractivity contribution in [1.82, 2.24) is 24.1 Å². The maximum atomic E-state index is 14.1. The van der Waals surface area contributed by atoms with Gasteiger partial charge >= 0.3 is 12.3 Å². The first-order valence-corrected chi connectivity index (χ1v) is 16.8. The summed E-state index contributed by atoms with van der Waals surface area (Å²) in [5.41, 5.74) is 0.715. The predicted molar refractivity (Wildman–Crippen MR) is 180 cm³/mol. The summed E-state index contributed by atoms with van der Waals surface area (Å²) in [5.74, 6) is -0.248. The van der Waals surface area contributed by atoms with Crippen molar-refractivity contribution in [2.45, 2.75) is 62.1 Å². The molecule has 0 saturated carbocycles. The Labute approximate surface area is 298 Å². The number of nitrogens with zero attached hydrogens (tertiary/aromatic N) is 5. The van der Waals surface area contributed by atoms with E-state index in [0.29, 0.717) is 44.0 Å². The van der Waals surface area contributed by atoms with Crippen LogP contribution in [0.4, 0.5) is 23.7 Å². The zero-order chi connectivity index (χ0) is 35.7. The first-order valence-electron chi connectivity index (χ1n) is 15.2. The Hall–Kier alpha value is -3.30. The zero-order valence-electron chi connectivity index (χ0n) is 26.3. The van der Waals surface area contributed by atoms with E-state index in [1.165, 1.54) is 9.47 Å². The second-order valence-electron chi connectivity index (χ2n) is 11.4. The number of hydrogen-bond acceptors (Lipinski definition) is 7. The van der Waals surface area contributed by atoms with Gasteiger partial charge in [0.15, 0.2) is 5.82 Å². The number of carbonyl (C=O) groups is 2. The van der Waals surface area contributed by atoms with Crippen molar-refractivity contribution in [3.63, 3.8) is 0 Å². The average molecular weight is 766 g/mol. The van der Waals surface area contributed by atoms with E-state index in [1.54, 1.807) is 13.0 Å². The van der Waals surface area contributed by atoms with Gasteiger partial charge in [0.1, 0.15) is 13.2 Å². The predicted octanol–water partition coefficient (Wildman–Crippen LogP) is 6.94. The Kier molecular flexibility index (Phi) is 11.2. The molecule has 0 unspecified atom stereocenters. The van der Waals surface area contributed by atoms with Crippen molar-refractivity contribution in [3.05, 3.63) is 67.9 Å². The van der Waals surface area contributed by atoms with Crippen molar-refractivity contribution in [2.24, 2.45) is 0 Å². The first kappa shape index (κ1) is 37.0. The highest BCUT2D eigenvalue weighted by atomic mass is 35.6. The SMILES string of the molecule is CCc1c(/C=C2\C[C@@H](CC)N(C(=O)OCC(Cl)(Cl)Cl)C2)c(=O)n2nc(C3=CCOCC3)nc2n1CC(=O)Nc1ccc(C(F)(F)F)cc1Cl. The number of aromatic nitrogens is 4. The van der Waals surface area contributed by atoms with Crippen LogP contribution in [-0.4, -0.2) is 72.3 Å². The number of ether oxygens (including phenoxy) is 2. The van der Waals surface area contributed by atoms with Crippen LogP contribution in [0.5, 0.6) is 0 Å². The number of anilines is 1. The molecule has 1 fully saturated rings. The minimum Gasteiger partial charge on any atom is -0.445 e. The second-order valence-corrected chi connectivity index (χ2v) is 14.3. The van der Waals surface area contributed by atoms with Crippen molar-refractivity contribution in [2.75, 3.05) is 31.7 Å². The topological polar surface area (TPSA) is 120 Å². The van der Waals surface area contributed by atoms with Gasteiger partial charge in [-0.25, -0.2) is 4.79 Å². The smallest absolute Gasteiger partial charge is 0.416 e. The van der Waals surface area contributed by atoms with Gasteiger partial charge in [0.05, 0.1) is 35.1 Å². The van der Waals surface area contributed by atoms with Gasteiger partial charge in [0, 0.05) is 18.3 Å². The number of amides is 2. The summed E-state index contributed by atoms with van der Waals surface area (Å²) >= 11 is 23.4. The number of carbonyl (C=O) groups excluding carboxylic acids is 2. The molecule has 1 atom stereocenters. The van der Waals surface area contributed by atoms with Crippen LogP contribution >= 0.6 is 46.4 Å². The number of benzene rings is 1. The van der Waals surface area contributed by atoms with Gasteiger partial charge in [-0.3, -0.25) is 9.59 Å². The Morgan fingerprint density at radius 2 is 1.96 bits per heavy atom. The highest BCUT2D eigenvalue weighted by Gasteiger charge is 2.34. The molecule has 0 spiro atoms. The summed E-state index contributed by atoms with van der Waals surface area (Å²) in [6.45, 7) is 3.81. The molecular formula is C31H31Cl4F3N6O5. The lowest BCUT2D eigenvalue weighted by Crippen LogP contribution is -2.37. The fraction of sp³-hybridized carbons (Fsp3) is 0.452. The van der Waals surface area contributed by atoms with Crippen molar-refractivity contribution >= 4 is 81.5 Å². The molecule has 2 aromatic heterocycles. The molecule has 49 heavy (non-hydrogen) atoms. The van der Waals surface area contributed by atoms with Gasteiger partial charge < -0.3 is 24.3 Å². The van der Waals surface area contributed by atoms with Crippen LogP contribution in [0.25, 0.3) is 17.4 Å². The molecule has 1 saturated heterocycles. The Bertz CT molecular complexity index is 1890. The van der Waals surface area contributed by atoms with Crippen LogP contribution in [0.2, 0.25) is 5.02 Å². The highest BCUT2D eigenvalue weighted by molar-refractivity contribution is 6.67. The van der Waals surface area contributed by atoms with Crippen LogP contribution in [0.15, 0.2) is 34.6 Å². The lowest BCUT2D eigenvalue weighted by molar-refractivity contribution is -0.137. The minimum absolute atomic E-state index is 0.0232. The zero-order valence-corrected chi connectivity index (χ0v) is 29.3. The largest absolute Gasteiger partial charge is 0.445 e. The van der Waals surface area contributed by atoms with E-state index in [9.17, 15) is 27.6 Å². The second kappa shape index (κ2) is 14.9. The highest BCUT2D eigenvalue weighted by Crippen LogP contribution is 2.34. The van der Waals surface area contributed by atoms with Crippen molar-refractivity contribution in [3.8, 4) is 0 Å². The molecule has 2 aliphatic rings. The summed E-state index contributed by atoms with van der Waals surface area (Å²) < 4.78 is 51.0. The molecular weight excluding hydrogens is 735 g/mol. The fourth-order valence-corrected chi connectivity index (χ4v) is 6.13. The molecule has 11 nitrogen and oxygen atoms in total. The first-order chi connectivity index (χ1) is 23.1. The molecule has 1 N–H and O–H groups in total. The van der Waals surface area contributed by atoms with Crippen LogP contribution < -0.4 is 10.9 Å². The third kappa shape index (κ3) is 8.54. The van der Waals surface area contributed by atoms with E-state index in [-0.39, 0.29) is 47.6 Å². The number of fused-ring (bicyclic) bond motifs is 1. The molecule has 2 aliphatic heterocycles. The van der Waals surface area contributed by atoms with E-state index >= 15 is 0 Å². The Morgan fingerprint density at radius 3 is 2.57 bits per heavy atom. The molecule has 264 valence electrons. The van der Waals surface area contributed by atoms with Crippen LogP contribution in [0.3, 0.4) is 0 Å². The Balaban J connectivity index is 1.55. The molecule has 0 radical (unpaired) electrons.